The van der Waals surface area contributed by atoms with Gasteiger partial charge in [-0.3, -0.25) is 5.10 Å². The van der Waals surface area contributed by atoms with Crippen LogP contribution in [0.25, 0.3) is 22.2 Å². The molecule has 1 aliphatic carbocycles. The average Bonchev–Trinajstić information content (AvgIpc) is 3.51. The van der Waals surface area contributed by atoms with Crippen molar-refractivity contribution in [1.82, 2.24) is 20.1 Å². The summed E-state index contributed by atoms with van der Waals surface area (Å²) in [5, 5.41) is 12.6. The maximum Gasteiger partial charge on any atom is 0.321 e. The molecule has 1 fully saturated rings. The molecule has 150 valence electrons. The smallest absolute Gasteiger partial charge is 0.321 e. The second-order valence-electron chi connectivity index (χ2n) is 7.82. The van der Waals surface area contributed by atoms with Gasteiger partial charge < -0.3 is 10.2 Å². The minimum atomic E-state index is -0.149. The van der Waals surface area contributed by atoms with Gasteiger partial charge in [0, 0.05) is 30.8 Å². The molecule has 0 spiro atoms. The molecule has 4 aromatic rings. The van der Waals surface area contributed by atoms with Gasteiger partial charge in [0.25, 0.3) is 0 Å². The van der Waals surface area contributed by atoms with E-state index in [9.17, 15) is 4.79 Å². The van der Waals surface area contributed by atoms with Crippen LogP contribution in [-0.2, 0) is 6.54 Å². The maximum absolute atomic E-state index is 12.7. The largest absolute Gasteiger partial charge is 0.323 e. The summed E-state index contributed by atoms with van der Waals surface area (Å²) < 4.78 is 0. The van der Waals surface area contributed by atoms with E-state index >= 15 is 0 Å². The van der Waals surface area contributed by atoms with Crippen LogP contribution in [-0.4, -0.2) is 33.2 Å². The van der Waals surface area contributed by atoms with Crippen molar-refractivity contribution in [1.29, 1.82) is 0 Å². The summed E-state index contributed by atoms with van der Waals surface area (Å²) in [6.45, 7) is 0.534. The highest BCUT2D eigenvalue weighted by atomic mass is 16.2. The molecule has 5 rings (SSSR count). The Kier molecular flexibility index (Phi) is 4.67. The molecule has 1 heterocycles. The van der Waals surface area contributed by atoms with Crippen molar-refractivity contribution >= 4 is 22.5 Å². The lowest BCUT2D eigenvalue weighted by atomic mass is 10.0. The van der Waals surface area contributed by atoms with Crippen molar-refractivity contribution in [3.05, 3.63) is 78.1 Å². The number of amides is 2. The number of rotatable bonds is 5. The fourth-order valence-electron chi connectivity index (χ4n) is 3.62. The number of nitrogens with zero attached hydrogens (tertiary/aromatic N) is 3. The molecule has 6 nitrogen and oxygen atoms in total. The normalized spacial score (nSPS) is 13.4. The van der Waals surface area contributed by atoms with Crippen molar-refractivity contribution in [2.24, 2.45) is 0 Å². The first kappa shape index (κ1) is 18.4. The monoisotopic (exact) mass is 397 g/mol. The number of hydrogen-bond donors (Lipinski definition) is 2. The number of aromatic nitrogens is 3. The lowest BCUT2D eigenvalue weighted by Gasteiger charge is -2.19. The standard InChI is InChI=1S/C24H23N5O/c1-29(15-19-7-4-6-16-5-2-3-8-21(16)19)24(30)25-20-13-11-18(12-14-20)23-26-22(27-28-23)17-9-10-17/h2-8,11-14,17H,9-10,15H2,1H3,(H,25,30)(H,26,27,28). The third-order valence-electron chi connectivity index (χ3n) is 5.50. The van der Waals surface area contributed by atoms with Crippen molar-refractivity contribution in [2.45, 2.75) is 25.3 Å². The molecule has 3 aromatic carbocycles. The molecular weight excluding hydrogens is 374 g/mol. The molecule has 6 heteroatoms. The third kappa shape index (κ3) is 3.76. The summed E-state index contributed by atoms with van der Waals surface area (Å²) in [4.78, 5) is 18.9. The predicted octanol–water partition coefficient (Wildman–Crippen LogP) is 5.17. The van der Waals surface area contributed by atoms with Crippen LogP contribution in [0, 0.1) is 0 Å². The predicted molar refractivity (Wildman–Crippen MR) is 118 cm³/mol. The maximum atomic E-state index is 12.7. The van der Waals surface area contributed by atoms with E-state index in [4.69, 9.17) is 0 Å². The Hall–Kier alpha value is -3.67. The van der Waals surface area contributed by atoms with E-state index in [1.54, 1.807) is 11.9 Å². The minimum absolute atomic E-state index is 0.149. The quantitative estimate of drug-likeness (QED) is 0.488. The van der Waals surface area contributed by atoms with Crippen molar-refractivity contribution in [3.8, 4) is 11.4 Å². The summed E-state index contributed by atoms with van der Waals surface area (Å²) in [5.41, 5.74) is 2.80. The molecular formula is C24H23N5O. The van der Waals surface area contributed by atoms with Gasteiger partial charge in [0.2, 0.25) is 0 Å². The zero-order valence-corrected chi connectivity index (χ0v) is 16.8. The Labute approximate surface area is 174 Å². The van der Waals surface area contributed by atoms with Gasteiger partial charge in [-0.05, 0) is 53.4 Å². The summed E-state index contributed by atoms with van der Waals surface area (Å²) in [6.07, 6.45) is 2.37. The van der Waals surface area contributed by atoms with Crippen LogP contribution >= 0.6 is 0 Å². The van der Waals surface area contributed by atoms with Gasteiger partial charge in [-0.15, -0.1) is 0 Å². The Balaban J connectivity index is 1.25. The number of anilines is 1. The molecule has 1 aromatic heterocycles. The Morgan fingerprint density at radius 2 is 1.83 bits per heavy atom. The van der Waals surface area contributed by atoms with Gasteiger partial charge in [0.15, 0.2) is 5.82 Å². The Morgan fingerprint density at radius 1 is 1.07 bits per heavy atom. The van der Waals surface area contributed by atoms with E-state index in [1.165, 1.54) is 23.6 Å². The number of H-pyrrole nitrogens is 1. The van der Waals surface area contributed by atoms with Crippen LogP contribution < -0.4 is 5.32 Å². The number of benzene rings is 3. The summed E-state index contributed by atoms with van der Waals surface area (Å²) in [5.74, 6) is 2.21. The molecule has 0 radical (unpaired) electrons. The molecule has 30 heavy (non-hydrogen) atoms. The lowest BCUT2D eigenvalue weighted by molar-refractivity contribution is 0.221. The molecule has 2 N–H and O–H groups in total. The van der Waals surface area contributed by atoms with Gasteiger partial charge in [-0.2, -0.15) is 5.10 Å². The average molecular weight is 397 g/mol. The fourth-order valence-corrected chi connectivity index (χ4v) is 3.62. The van der Waals surface area contributed by atoms with Crippen LogP contribution in [0.1, 0.15) is 30.1 Å². The fraction of sp³-hybridized carbons (Fsp3) is 0.208. The number of hydrogen-bond acceptors (Lipinski definition) is 3. The van der Waals surface area contributed by atoms with Crippen LogP contribution in [0.3, 0.4) is 0 Å². The summed E-state index contributed by atoms with van der Waals surface area (Å²) in [7, 11) is 1.80. The lowest BCUT2D eigenvalue weighted by Crippen LogP contribution is -2.30. The zero-order valence-electron chi connectivity index (χ0n) is 16.8. The molecule has 1 aliphatic rings. The second kappa shape index (κ2) is 7.63. The van der Waals surface area contributed by atoms with Crippen molar-refractivity contribution in [2.75, 3.05) is 12.4 Å². The van der Waals surface area contributed by atoms with Gasteiger partial charge in [0.05, 0.1) is 0 Å². The van der Waals surface area contributed by atoms with E-state index in [0.29, 0.717) is 18.3 Å². The number of aromatic amines is 1. The molecule has 2 amide bonds. The van der Waals surface area contributed by atoms with Crippen LogP contribution in [0.15, 0.2) is 66.7 Å². The topological polar surface area (TPSA) is 73.9 Å². The number of fused-ring (bicyclic) bond motifs is 1. The Bertz CT molecular complexity index is 1190. The minimum Gasteiger partial charge on any atom is -0.323 e. The third-order valence-corrected chi connectivity index (χ3v) is 5.50. The van der Waals surface area contributed by atoms with Gasteiger partial charge in [-0.1, -0.05) is 42.5 Å². The first-order chi connectivity index (χ1) is 14.7. The number of nitrogens with one attached hydrogen (secondary N) is 2. The molecule has 0 atom stereocenters. The van der Waals surface area contributed by atoms with Gasteiger partial charge in [0.1, 0.15) is 5.82 Å². The van der Waals surface area contributed by atoms with Gasteiger partial charge >= 0.3 is 6.03 Å². The number of carbonyl (C=O) groups is 1. The van der Waals surface area contributed by atoms with E-state index in [1.807, 2.05) is 42.5 Å². The van der Waals surface area contributed by atoms with Crippen molar-refractivity contribution in [3.63, 3.8) is 0 Å². The van der Waals surface area contributed by atoms with Crippen LogP contribution in [0.5, 0.6) is 0 Å². The first-order valence-corrected chi connectivity index (χ1v) is 10.2. The Morgan fingerprint density at radius 3 is 2.63 bits per heavy atom. The summed E-state index contributed by atoms with van der Waals surface area (Å²) in [6, 6.07) is 21.9. The molecule has 1 saturated carbocycles. The highest BCUT2D eigenvalue weighted by Gasteiger charge is 2.27. The zero-order chi connectivity index (χ0) is 20.5. The first-order valence-electron chi connectivity index (χ1n) is 10.2. The van der Waals surface area contributed by atoms with Crippen LogP contribution in [0.4, 0.5) is 10.5 Å². The SMILES string of the molecule is CN(Cc1cccc2ccccc12)C(=O)Nc1ccc(-c2n[nH]c(C3CC3)n2)cc1. The number of carbonyl (C=O) groups excluding carboxylic acids is 1. The van der Waals surface area contributed by atoms with Crippen molar-refractivity contribution < 1.29 is 4.79 Å². The second-order valence-corrected chi connectivity index (χ2v) is 7.82. The molecule has 0 unspecified atom stereocenters. The summed E-state index contributed by atoms with van der Waals surface area (Å²) >= 11 is 0. The van der Waals surface area contributed by atoms with E-state index in [-0.39, 0.29) is 6.03 Å². The van der Waals surface area contributed by atoms with Crippen LogP contribution in [0.2, 0.25) is 0 Å². The van der Waals surface area contributed by atoms with E-state index in [0.717, 1.165) is 22.6 Å². The highest BCUT2D eigenvalue weighted by molar-refractivity contribution is 5.90. The highest BCUT2D eigenvalue weighted by Crippen LogP contribution is 2.38. The molecule has 0 aliphatic heterocycles. The molecule has 0 bridgehead atoms. The number of urea groups is 1. The van der Waals surface area contributed by atoms with E-state index in [2.05, 4.69) is 44.8 Å². The molecule has 0 saturated heterocycles. The van der Waals surface area contributed by atoms with Gasteiger partial charge in [-0.25, -0.2) is 9.78 Å². The van der Waals surface area contributed by atoms with E-state index < -0.39 is 0 Å².